The lowest BCUT2D eigenvalue weighted by atomic mass is 10.0. The Balaban J connectivity index is 2.40. The van der Waals surface area contributed by atoms with E-state index in [9.17, 15) is 0 Å². The number of nitrogens with two attached hydrogens (primary N) is 1. The van der Waals surface area contributed by atoms with E-state index in [1.165, 1.54) is 0 Å². The first kappa shape index (κ1) is 13.4. The van der Waals surface area contributed by atoms with E-state index in [1.807, 2.05) is 43.3 Å². The highest BCUT2D eigenvalue weighted by Crippen LogP contribution is 2.28. The zero-order valence-corrected chi connectivity index (χ0v) is 11.4. The van der Waals surface area contributed by atoms with Crippen molar-refractivity contribution >= 4 is 0 Å². The van der Waals surface area contributed by atoms with Crippen LogP contribution in [0.4, 0.5) is 0 Å². The molecule has 0 bridgehead atoms. The SMILES string of the molecule is COc1cc(OC)cc(C(N)c2cccc(C)n2)c1. The van der Waals surface area contributed by atoms with Crippen molar-refractivity contribution in [2.24, 2.45) is 5.73 Å². The van der Waals surface area contributed by atoms with Crippen LogP contribution in [0.1, 0.15) is 23.0 Å². The second-order valence-electron chi connectivity index (χ2n) is 4.33. The Morgan fingerprint density at radius 3 is 2.21 bits per heavy atom. The summed E-state index contributed by atoms with van der Waals surface area (Å²) in [6.45, 7) is 1.95. The Kier molecular flexibility index (Phi) is 4.02. The summed E-state index contributed by atoms with van der Waals surface area (Å²) in [6.07, 6.45) is 0. The monoisotopic (exact) mass is 258 g/mol. The van der Waals surface area contributed by atoms with Crippen molar-refractivity contribution in [2.45, 2.75) is 13.0 Å². The Morgan fingerprint density at radius 2 is 1.68 bits per heavy atom. The van der Waals surface area contributed by atoms with Crippen LogP contribution in [0, 0.1) is 6.92 Å². The maximum atomic E-state index is 6.26. The molecule has 4 nitrogen and oxygen atoms in total. The Hall–Kier alpha value is -2.07. The average molecular weight is 258 g/mol. The lowest BCUT2D eigenvalue weighted by Crippen LogP contribution is -2.14. The predicted molar refractivity (Wildman–Crippen MR) is 74.6 cm³/mol. The third-order valence-corrected chi connectivity index (χ3v) is 2.96. The molecule has 0 aliphatic carbocycles. The molecule has 0 aliphatic heterocycles. The molecule has 1 aromatic carbocycles. The van der Waals surface area contributed by atoms with Gasteiger partial charge in [0.05, 0.1) is 26.0 Å². The molecular formula is C15H18N2O2. The standard InChI is InChI=1S/C15H18N2O2/c1-10-5-4-6-14(17-10)15(16)11-7-12(18-2)9-13(8-11)19-3/h4-9,15H,16H2,1-3H3. The van der Waals surface area contributed by atoms with Crippen LogP contribution in [0.5, 0.6) is 11.5 Å². The van der Waals surface area contributed by atoms with Crippen LogP contribution < -0.4 is 15.2 Å². The number of aromatic nitrogens is 1. The van der Waals surface area contributed by atoms with Gasteiger partial charge in [-0.25, -0.2) is 0 Å². The number of aryl methyl sites for hydroxylation is 1. The molecule has 0 saturated carbocycles. The molecule has 1 heterocycles. The van der Waals surface area contributed by atoms with E-state index in [2.05, 4.69) is 4.98 Å². The molecule has 2 N–H and O–H groups in total. The maximum absolute atomic E-state index is 6.26. The van der Waals surface area contributed by atoms with E-state index in [-0.39, 0.29) is 6.04 Å². The number of hydrogen-bond acceptors (Lipinski definition) is 4. The molecule has 2 rings (SSSR count). The third kappa shape index (κ3) is 3.03. The van der Waals surface area contributed by atoms with Gasteiger partial charge in [-0.15, -0.1) is 0 Å². The average Bonchev–Trinajstić information content (AvgIpc) is 2.45. The van der Waals surface area contributed by atoms with Crippen molar-refractivity contribution in [3.8, 4) is 11.5 Å². The van der Waals surface area contributed by atoms with Crippen LogP contribution in [0.3, 0.4) is 0 Å². The van der Waals surface area contributed by atoms with Crippen molar-refractivity contribution in [3.05, 3.63) is 53.3 Å². The molecule has 0 aliphatic rings. The van der Waals surface area contributed by atoms with Crippen LogP contribution in [-0.2, 0) is 0 Å². The topological polar surface area (TPSA) is 57.4 Å². The highest BCUT2D eigenvalue weighted by atomic mass is 16.5. The molecule has 0 spiro atoms. The van der Waals surface area contributed by atoms with Crippen LogP contribution in [-0.4, -0.2) is 19.2 Å². The lowest BCUT2D eigenvalue weighted by molar-refractivity contribution is 0.393. The van der Waals surface area contributed by atoms with Crippen molar-refractivity contribution < 1.29 is 9.47 Å². The van der Waals surface area contributed by atoms with Gasteiger partial charge in [-0.05, 0) is 36.8 Å². The molecule has 19 heavy (non-hydrogen) atoms. The van der Waals surface area contributed by atoms with Gasteiger partial charge in [0.15, 0.2) is 0 Å². The molecule has 2 aromatic rings. The van der Waals surface area contributed by atoms with E-state index >= 15 is 0 Å². The molecule has 1 atom stereocenters. The van der Waals surface area contributed by atoms with E-state index in [4.69, 9.17) is 15.2 Å². The minimum atomic E-state index is -0.302. The van der Waals surface area contributed by atoms with E-state index in [0.29, 0.717) is 0 Å². The van der Waals surface area contributed by atoms with Crippen LogP contribution >= 0.6 is 0 Å². The Labute approximate surface area is 113 Å². The number of nitrogens with zero attached hydrogens (tertiary/aromatic N) is 1. The largest absolute Gasteiger partial charge is 0.497 e. The molecule has 1 unspecified atom stereocenters. The van der Waals surface area contributed by atoms with Crippen molar-refractivity contribution in [1.82, 2.24) is 4.98 Å². The summed E-state index contributed by atoms with van der Waals surface area (Å²) in [5.41, 5.74) is 8.95. The van der Waals surface area contributed by atoms with E-state index in [1.54, 1.807) is 14.2 Å². The number of methoxy groups -OCH3 is 2. The van der Waals surface area contributed by atoms with Gasteiger partial charge in [-0.1, -0.05) is 6.07 Å². The number of rotatable bonds is 4. The summed E-state index contributed by atoms with van der Waals surface area (Å²) in [5.74, 6) is 1.44. The fourth-order valence-electron chi connectivity index (χ4n) is 1.92. The van der Waals surface area contributed by atoms with E-state index in [0.717, 1.165) is 28.5 Å². The molecule has 0 fully saturated rings. The van der Waals surface area contributed by atoms with Crippen LogP contribution in [0.15, 0.2) is 36.4 Å². The Morgan fingerprint density at radius 1 is 1.05 bits per heavy atom. The molecule has 0 saturated heterocycles. The van der Waals surface area contributed by atoms with Gasteiger partial charge in [-0.2, -0.15) is 0 Å². The zero-order valence-electron chi connectivity index (χ0n) is 11.4. The lowest BCUT2D eigenvalue weighted by Gasteiger charge is -2.14. The minimum Gasteiger partial charge on any atom is -0.497 e. The zero-order chi connectivity index (χ0) is 13.8. The van der Waals surface area contributed by atoms with Crippen molar-refractivity contribution in [1.29, 1.82) is 0 Å². The van der Waals surface area contributed by atoms with Gasteiger partial charge in [0.1, 0.15) is 11.5 Å². The summed E-state index contributed by atoms with van der Waals surface area (Å²) < 4.78 is 10.5. The number of benzene rings is 1. The summed E-state index contributed by atoms with van der Waals surface area (Å²) in [7, 11) is 3.24. The van der Waals surface area contributed by atoms with Crippen molar-refractivity contribution in [2.75, 3.05) is 14.2 Å². The fourth-order valence-corrected chi connectivity index (χ4v) is 1.92. The molecule has 100 valence electrons. The van der Waals surface area contributed by atoms with Gasteiger partial charge in [0, 0.05) is 11.8 Å². The third-order valence-electron chi connectivity index (χ3n) is 2.96. The second-order valence-corrected chi connectivity index (χ2v) is 4.33. The van der Waals surface area contributed by atoms with Crippen molar-refractivity contribution in [3.63, 3.8) is 0 Å². The fraction of sp³-hybridized carbons (Fsp3) is 0.267. The molecule has 0 amide bonds. The van der Waals surface area contributed by atoms with Gasteiger partial charge in [0.2, 0.25) is 0 Å². The second kappa shape index (κ2) is 5.71. The predicted octanol–water partition coefficient (Wildman–Crippen LogP) is 2.46. The highest BCUT2D eigenvalue weighted by Gasteiger charge is 2.13. The summed E-state index contributed by atoms with van der Waals surface area (Å²) >= 11 is 0. The Bertz CT molecular complexity index is 548. The van der Waals surface area contributed by atoms with Gasteiger partial charge in [0.25, 0.3) is 0 Å². The maximum Gasteiger partial charge on any atom is 0.122 e. The molecule has 0 radical (unpaired) electrons. The first-order valence-corrected chi connectivity index (χ1v) is 6.06. The van der Waals surface area contributed by atoms with E-state index < -0.39 is 0 Å². The first-order valence-electron chi connectivity index (χ1n) is 6.06. The van der Waals surface area contributed by atoms with Crippen LogP contribution in [0.25, 0.3) is 0 Å². The quantitative estimate of drug-likeness (QED) is 0.915. The smallest absolute Gasteiger partial charge is 0.122 e. The first-order chi connectivity index (χ1) is 9.13. The minimum absolute atomic E-state index is 0.302. The number of pyridine rings is 1. The number of hydrogen-bond donors (Lipinski definition) is 1. The number of ether oxygens (including phenoxy) is 2. The van der Waals surface area contributed by atoms with Gasteiger partial charge in [-0.3, -0.25) is 4.98 Å². The summed E-state index contributed by atoms with van der Waals surface area (Å²) in [5, 5.41) is 0. The summed E-state index contributed by atoms with van der Waals surface area (Å²) in [6, 6.07) is 11.1. The highest BCUT2D eigenvalue weighted by molar-refractivity contribution is 5.42. The van der Waals surface area contributed by atoms with Crippen LogP contribution in [0.2, 0.25) is 0 Å². The van der Waals surface area contributed by atoms with Gasteiger partial charge >= 0.3 is 0 Å². The molecule has 1 aromatic heterocycles. The molecule has 4 heteroatoms. The summed E-state index contributed by atoms with van der Waals surface area (Å²) in [4.78, 5) is 4.45. The molecular weight excluding hydrogens is 240 g/mol. The van der Waals surface area contributed by atoms with Gasteiger partial charge < -0.3 is 15.2 Å². The normalized spacial score (nSPS) is 12.0.